The number of aromatic amines is 2. The van der Waals surface area contributed by atoms with Gasteiger partial charge < -0.3 is 14.6 Å². The first-order chi connectivity index (χ1) is 20.6. The lowest BCUT2D eigenvalue weighted by Gasteiger charge is -2.11. The zero-order valence-corrected chi connectivity index (χ0v) is 24.5. The van der Waals surface area contributed by atoms with Crippen molar-refractivity contribution in [3.63, 3.8) is 0 Å². The summed E-state index contributed by atoms with van der Waals surface area (Å²) in [5.41, 5.74) is 6.74. The lowest BCUT2D eigenvalue weighted by molar-refractivity contribution is 0.261. The summed E-state index contributed by atoms with van der Waals surface area (Å²) in [6.07, 6.45) is 7.83. The number of nitrogens with zero attached hydrogens (tertiary/aromatic N) is 5. The minimum atomic E-state index is -3.43. The van der Waals surface area contributed by atoms with E-state index < -0.39 is 15.8 Å². The summed E-state index contributed by atoms with van der Waals surface area (Å²) in [6.45, 7) is 1.30. The van der Waals surface area contributed by atoms with Gasteiger partial charge in [0.15, 0.2) is 0 Å². The molecule has 0 aliphatic rings. The molecule has 5 heterocycles. The summed E-state index contributed by atoms with van der Waals surface area (Å²) < 4.78 is 46.0. The number of nitrogens with one attached hydrogen (secondary N) is 3. The van der Waals surface area contributed by atoms with Crippen molar-refractivity contribution < 1.29 is 17.5 Å². The van der Waals surface area contributed by atoms with Gasteiger partial charge in [0.05, 0.1) is 41.1 Å². The van der Waals surface area contributed by atoms with Gasteiger partial charge in [0.2, 0.25) is 10.0 Å². The summed E-state index contributed by atoms with van der Waals surface area (Å²) in [4.78, 5) is 19.0. The first-order valence-electron chi connectivity index (χ1n) is 13.4. The topological polar surface area (TPSA) is 142 Å². The van der Waals surface area contributed by atoms with Crippen molar-refractivity contribution in [3.8, 4) is 39.5 Å². The van der Waals surface area contributed by atoms with Crippen LogP contribution in [0.4, 0.5) is 4.39 Å². The number of sulfonamides is 1. The van der Waals surface area contributed by atoms with Crippen LogP contribution in [0.15, 0.2) is 67.3 Å². The van der Waals surface area contributed by atoms with Crippen molar-refractivity contribution in [1.82, 2.24) is 39.8 Å². The molecule has 0 spiro atoms. The van der Waals surface area contributed by atoms with E-state index in [1.165, 1.54) is 12.1 Å². The van der Waals surface area contributed by atoms with Crippen molar-refractivity contribution in [3.05, 3.63) is 78.6 Å². The molecular formula is C30H29FN8O3S. The summed E-state index contributed by atoms with van der Waals surface area (Å²) in [5, 5.41) is 8.39. The molecule has 0 saturated carbocycles. The van der Waals surface area contributed by atoms with Gasteiger partial charge in [-0.15, -0.1) is 0 Å². The molecule has 43 heavy (non-hydrogen) atoms. The zero-order chi connectivity index (χ0) is 30.1. The Labute approximate surface area is 247 Å². The molecular weight excluding hydrogens is 571 g/mol. The van der Waals surface area contributed by atoms with Gasteiger partial charge >= 0.3 is 0 Å². The smallest absolute Gasteiger partial charge is 0.209 e. The van der Waals surface area contributed by atoms with E-state index in [2.05, 4.69) is 29.9 Å². The summed E-state index contributed by atoms with van der Waals surface area (Å²) in [6, 6.07) is 12.1. The predicted molar refractivity (Wildman–Crippen MR) is 163 cm³/mol. The van der Waals surface area contributed by atoms with Gasteiger partial charge in [-0.05, 0) is 67.7 Å². The molecule has 220 valence electrons. The zero-order valence-electron chi connectivity index (χ0n) is 23.7. The maximum Gasteiger partial charge on any atom is 0.209 e. The van der Waals surface area contributed by atoms with Crippen molar-refractivity contribution in [1.29, 1.82) is 0 Å². The number of fused-ring (bicyclic) bond motifs is 2. The second-order valence-corrected chi connectivity index (χ2v) is 12.3. The lowest BCUT2D eigenvalue weighted by atomic mass is 10.0. The Morgan fingerprint density at radius 3 is 2.63 bits per heavy atom. The maximum absolute atomic E-state index is 14.6. The number of aromatic nitrogens is 6. The van der Waals surface area contributed by atoms with Crippen molar-refractivity contribution >= 4 is 32.0 Å². The lowest BCUT2D eigenvalue weighted by Crippen LogP contribution is -2.21. The molecule has 0 unspecified atom stereocenters. The summed E-state index contributed by atoms with van der Waals surface area (Å²) >= 11 is 0. The average Bonchev–Trinajstić information content (AvgIpc) is 3.59. The first kappa shape index (κ1) is 28.4. The van der Waals surface area contributed by atoms with Crippen LogP contribution in [0.1, 0.15) is 5.56 Å². The van der Waals surface area contributed by atoms with Crippen molar-refractivity contribution in [2.45, 2.75) is 6.54 Å². The normalized spacial score (nSPS) is 12.0. The van der Waals surface area contributed by atoms with Crippen LogP contribution >= 0.6 is 0 Å². The van der Waals surface area contributed by atoms with Gasteiger partial charge in [-0.25, -0.2) is 22.5 Å². The molecule has 5 aromatic heterocycles. The highest BCUT2D eigenvalue weighted by atomic mass is 32.2. The Morgan fingerprint density at radius 2 is 1.81 bits per heavy atom. The Kier molecular flexibility index (Phi) is 7.61. The number of rotatable bonds is 10. The fourth-order valence-corrected chi connectivity index (χ4v) is 5.19. The second kappa shape index (κ2) is 11.5. The van der Waals surface area contributed by atoms with Crippen LogP contribution in [0.2, 0.25) is 0 Å². The number of hydrogen-bond donors (Lipinski definition) is 3. The molecule has 0 radical (unpaired) electrons. The van der Waals surface area contributed by atoms with E-state index in [0.717, 1.165) is 34.8 Å². The minimum absolute atomic E-state index is 0.0285. The summed E-state index contributed by atoms with van der Waals surface area (Å²) in [7, 11) is 0.546. The summed E-state index contributed by atoms with van der Waals surface area (Å²) in [5.74, 6) is 0.184. The highest BCUT2D eigenvalue weighted by Crippen LogP contribution is 2.34. The number of benzene rings is 1. The Morgan fingerprint density at radius 1 is 0.977 bits per heavy atom. The molecule has 0 fully saturated rings. The van der Waals surface area contributed by atoms with E-state index in [1.807, 2.05) is 43.3 Å². The number of hydrogen-bond acceptors (Lipinski definition) is 8. The minimum Gasteiger partial charge on any atom is -0.491 e. The van der Waals surface area contributed by atoms with E-state index in [1.54, 1.807) is 30.9 Å². The monoisotopic (exact) mass is 600 g/mol. The fourth-order valence-electron chi connectivity index (χ4n) is 4.76. The van der Waals surface area contributed by atoms with Gasteiger partial charge in [-0.3, -0.25) is 15.1 Å². The SMILES string of the molecule is CN(C)CCOc1cncc(-c2ccc3[nH]nc(-c4cc5c(-c6cc(F)cc(CNS(C)(=O)=O)c6)cncc5[nH]4)c3n2)c1. The van der Waals surface area contributed by atoms with E-state index >= 15 is 0 Å². The largest absolute Gasteiger partial charge is 0.491 e. The van der Waals surface area contributed by atoms with Crippen molar-refractivity contribution in [2.24, 2.45) is 0 Å². The van der Waals surface area contributed by atoms with Gasteiger partial charge in [0.25, 0.3) is 0 Å². The predicted octanol–water partition coefficient (Wildman–Crippen LogP) is 4.36. The highest BCUT2D eigenvalue weighted by molar-refractivity contribution is 7.88. The van der Waals surface area contributed by atoms with E-state index in [-0.39, 0.29) is 6.54 Å². The van der Waals surface area contributed by atoms with Gasteiger partial charge in [0.1, 0.15) is 29.4 Å². The molecule has 0 saturated heterocycles. The molecule has 0 bridgehead atoms. The number of pyridine rings is 3. The van der Waals surface area contributed by atoms with E-state index in [0.29, 0.717) is 51.6 Å². The number of halogens is 1. The molecule has 3 N–H and O–H groups in total. The maximum atomic E-state index is 14.6. The molecule has 13 heteroatoms. The molecule has 1 aromatic carbocycles. The Bertz CT molecular complexity index is 2060. The molecule has 11 nitrogen and oxygen atoms in total. The van der Waals surface area contributed by atoms with Crippen LogP contribution in [0.3, 0.4) is 0 Å². The third kappa shape index (κ3) is 6.38. The van der Waals surface area contributed by atoms with Crippen LogP contribution < -0.4 is 9.46 Å². The van der Waals surface area contributed by atoms with Crippen molar-refractivity contribution in [2.75, 3.05) is 33.5 Å². The van der Waals surface area contributed by atoms with Crippen LogP contribution in [-0.2, 0) is 16.6 Å². The number of likely N-dealkylation sites (N-methyl/N-ethyl adjacent to an activating group) is 1. The molecule has 0 aliphatic heterocycles. The van der Waals surface area contributed by atoms with Crippen LogP contribution in [0, 0.1) is 5.82 Å². The first-order valence-corrected chi connectivity index (χ1v) is 15.3. The standard InChI is InChI=1S/C30H29FN8O3S/c1-39(2)6-7-42-22-11-20(14-32-15-22)25-4-5-26-29(36-25)30(38-37-26)27-12-23-24(16-33-17-28(23)35-27)19-8-18(9-21(31)10-19)13-34-43(3,40)41/h4-5,8-12,14-17,34-35H,6-7,13H2,1-3H3,(H,37,38). The van der Waals surface area contributed by atoms with E-state index in [9.17, 15) is 12.8 Å². The second-order valence-electron chi connectivity index (χ2n) is 10.5. The quantitative estimate of drug-likeness (QED) is 0.211. The van der Waals surface area contributed by atoms with Crippen LogP contribution in [0.5, 0.6) is 5.75 Å². The van der Waals surface area contributed by atoms with E-state index in [4.69, 9.17) is 9.72 Å². The molecule has 6 rings (SSSR count). The third-order valence-electron chi connectivity index (χ3n) is 6.83. The average molecular weight is 601 g/mol. The third-order valence-corrected chi connectivity index (χ3v) is 7.50. The highest BCUT2D eigenvalue weighted by Gasteiger charge is 2.17. The Hall–Kier alpha value is -4.72. The number of ether oxygens (including phenoxy) is 1. The van der Waals surface area contributed by atoms with Gasteiger partial charge in [0, 0.05) is 42.0 Å². The molecule has 0 amide bonds. The number of H-pyrrole nitrogens is 2. The van der Waals surface area contributed by atoms with Crippen LogP contribution in [0.25, 0.3) is 55.7 Å². The molecule has 0 aliphatic carbocycles. The fraction of sp³-hybridized carbons (Fsp3) is 0.200. The Balaban J connectivity index is 1.35. The molecule has 0 atom stereocenters. The molecule has 6 aromatic rings. The van der Waals surface area contributed by atoms with Crippen LogP contribution in [-0.4, -0.2) is 77.0 Å². The van der Waals surface area contributed by atoms with Gasteiger partial charge in [-0.2, -0.15) is 5.10 Å². The van der Waals surface area contributed by atoms with Gasteiger partial charge in [-0.1, -0.05) is 0 Å².